The number of amides is 1. The number of nitrogens with zero attached hydrogens (tertiary/aromatic N) is 1. The van der Waals surface area contributed by atoms with Crippen molar-refractivity contribution in [3.8, 4) is 0 Å². The van der Waals surface area contributed by atoms with Crippen molar-refractivity contribution in [2.24, 2.45) is 5.92 Å². The van der Waals surface area contributed by atoms with E-state index in [2.05, 4.69) is 22.5 Å². The van der Waals surface area contributed by atoms with Gasteiger partial charge in [0.05, 0.1) is 12.1 Å². The number of nitrogens with one attached hydrogen (secondary N) is 2. The van der Waals surface area contributed by atoms with Gasteiger partial charge in [-0.05, 0) is 24.8 Å². The van der Waals surface area contributed by atoms with E-state index in [1.807, 2.05) is 6.07 Å². The van der Waals surface area contributed by atoms with Crippen molar-refractivity contribution in [2.45, 2.75) is 25.3 Å². The van der Waals surface area contributed by atoms with Gasteiger partial charge in [0.2, 0.25) is 5.91 Å². The van der Waals surface area contributed by atoms with Crippen LogP contribution in [0.25, 0.3) is 0 Å². The zero-order valence-electron chi connectivity index (χ0n) is 13.1. The van der Waals surface area contributed by atoms with Crippen molar-refractivity contribution in [3.63, 3.8) is 0 Å². The maximum Gasteiger partial charge on any atom is 0.234 e. The summed E-state index contributed by atoms with van der Waals surface area (Å²) < 4.78 is 14.2. The van der Waals surface area contributed by atoms with Gasteiger partial charge >= 0.3 is 0 Å². The number of carbonyl (C=O) groups excluding carboxylic acids is 1. The molecule has 1 aromatic carbocycles. The third kappa shape index (κ3) is 3.15. The van der Waals surface area contributed by atoms with Gasteiger partial charge in [-0.1, -0.05) is 25.1 Å². The second-order valence-electron chi connectivity index (χ2n) is 6.65. The molecule has 1 aromatic rings. The molecule has 1 aliphatic heterocycles. The van der Waals surface area contributed by atoms with Gasteiger partial charge < -0.3 is 10.6 Å². The van der Waals surface area contributed by atoms with Crippen molar-refractivity contribution in [2.75, 3.05) is 32.7 Å². The van der Waals surface area contributed by atoms with Crippen LogP contribution in [0.2, 0.25) is 0 Å². The SMILES string of the molecule is CC1CC(NC(=O)CN2CCNCC2)(c2ccccc2F)C1. The summed E-state index contributed by atoms with van der Waals surface area (Å²) in [6.45, 7) is 6.15. The van der Waals surface area contributed by atoms with E-state index in [1.54, 1.807) is 12.1 Å². The summed E-state index contributed by atoms with van der Waals surface area (Å²) in [7, 11) is 0. The van der Waals surface area contributed by atoms with Crippen LogP contribution in [0.15, 0.2) is 24.3 Å². The Morgan fingerprint density at radius 2 is 2.05 bits per heavy atom. The zero-order valence-corrected chi connectivity index (χ0v) is 13.1. The lowest BCUT2D eigenvalue weighted by Crippen LogP contribution is -2.57. The molecule has 0 atom stereocenters. The molecule has 2 fully saturated rings. The van der Waals surface area contributed by atoms with Gasteiger partial charge in [-0.25, -0.2) is 4.39 Å². The molecule has 1 amide bonds. The quantitative estimate of drug-likeness (QED) is 0.885. The van der Waals surface area contributed by atoms with Crippen LogP contribution in [0.4, 0.5) is 4.39 Å². The maximum absolute atomic E-state index is 14.2. The highest BCUT2D eigenvalue weighted by atomic mass is 19.1. The number of piperazine rings is 1. The Kier molecular flexibility index (Phi) is 4.45. The molecular formula is C17H24FN3O. The largest absolute Gasteiger partial charge is 0.345 e. The fraction of sp³-hybridized carbons (Fsp3) is 0.588. The lowest BCUT2D eigenvalue weighted by Gasteiger charge is -2.48. The minimum Gasteiger partial charge on any atom is -0.345 e. The Morgan fingerprint density at radius 3 is 2.68 bits per heavy atom. The minimum absolute atomic E-state index is 0.00273. The first-order valence-corrected chi connectivity index (χ1v) is 8.08. The summed E-state index contributed by atoms with van der Waals surface area (Å²) in [6, 6.07) is 6.80. The van der Waals surface area contributed by atoms with Crippen LogP contribution in [0.3, 0.4) is 0 Å². The highest BCUT2D eigenvalue weighted by molar-refractivity contribution is 5.79. The molecule has 0 radical (unpaired) electrons. The molecule has 5 heteroatoms. The fourth-order valence-corrected chi connectivity index (χ4v) is 3.75. The second-order valence-corrected chi connectivity index (χ2v) is 6.65. The Bertz CT molecular complexity index is 536. The molecule has 120 valence electrons. The summed E-state index contributed by atoms with van der Waals surface area (Å²) >= 11 is 0. The van der Waals surface area contributed by atoms with Crippen LogP contribution in [0, 0.1) is 11.7 Å². The summed E-state index contributed by atoms with van der Waals surface area (Å²) in [5, 5.41) is 6.40. The first kappa shape index (κ1) is 15.4. The average Bonchev–Trinajstić information content (AvgIpc) is 2.46. The predicted octanol–water partition coefficient (Wildman–Crippen LogP) is 1.47. The monoisotopic (exact) mass is 305 g/mol. The highest BCUT2D eigenvalue weighted by Gasteiger charge is 2.46. The first-order chi connectivity index (χ1) is 10.6. The van der Waals surface area contributed by atoms with Crippen molar-refractivity contribution in [1.29, 1.82) is 0 Å². The Labute approximate surface area is 131 Å². The minimum atomic E-state index is -0.518. The molecule has 1 aliphatic carbocycles. The number of hydrogen-bond acceptors (Lipinski definition) is 3. The zero-order chi connectivity index (χ0) is 15.6. The standard InChI is InChI=1S/C17H24FN3O/c1-13-10-17(11-13,14-4-2-3-5-15(14)18)20-16(22)12-21-8-6-19-7-9-21/h2-5,13,19H,6-12H2,1H3,(H,20,22). The van der Waals surface area contributed by atoms with Gasteiger partial charge in [-0.15, -0.1) is 0 Å². The smallest absolute Gasteiger partial charge is 0.234 e. The van der Waals surface area contributed by atoms with Gasteiger partial charge in [0.1, 0.15) is 5.82 Å². The Morgan fingerprint density at radius 1 is 1.36 bits per heavy atom. The molecule has 2 N–H and O–H groups in total. The van der Waals surface area contributed by atoms with Crippen LogP contribution in [0.5, 0.6) is 0 Å². The molecule has 0 spiro atoms. The van der Waals surface area contributed by atoms with E-state index in [0.717, 1.165) is 39.0 Å². The van der Waals surface area contributed by atoms with E-state index in [0.29, 0.717) is 18.0 Å². The third-order valence-corrected chi connectivity index (χ3v) is 4.74. The molecule has 0 unspecified atom stereocenters. The Balaban J connectivity index is 1.69. The van der Waals surface area contributed by atoms with Crippen molar-refractivity contribution in [1.82, 2.24) is 15.5 Å². The van der Waals surface area contributed by atoms with Crippen molar-refractivity contribution >= 4 is 5.91 Å². The van der Waals surface area contributed by atoms with E-state index < -0.39 is 5.54 Å². The summed E-state index contributed by atoms with van der Waals surface area (Å²) in [5.74, 6) is 0.285. The summed E-state index contributed by atoms with van der Waals surface area (Å²) in [6.07, 6.45) is 1.61. The fourth-order valence-electron chi connectivity index (χ4n) is 3.75. The lowest BCUT2D eigenvalue weighted by atomic mass is 9.65. The third-order valence-electron chi connectivity index (χ3n) is 4.74. The van der Waals surface area contributed by atoms with Crippen molar-refractivity contribution in [3.05, 3.63) is 35.6 Å². The van der Waals surface area contributed by atoms with Gasteiger partial charge in [-0.2, -0.15) is 0 Å². The van der Waals surface area contributed by atoms with E-state index in [4.69, 9.17) is 0 Å². The van der Waals surface area contributed by atoms with Gasteiger partial charge in [0, 0.05) is 31.7 Å². The highest BCUT2D eigenvalue weighted by Crippen LogP contribution is 2.46. The number of benzene rings is 1. The predicted molar refractivity (Wildman–Crippen MR) is 83.9 cm³/mol. The molecule has 2 aliphatic rings. The van der Waals surface area contributed by atoms with Gasteiger partial charge in [0.25, 0.3) is 0 Å². The lowest BCUT2D eigenvalue weighted by molar-refractivity contribution is -0.126. The Hall–Kier alpha value is -1.46. The number of carbonyl (C=O) groups is 1. The number of halogens is 1. The van der Waals surface area contributed by atoms with Gasteiger partial charge in [0.15, 0.2) is 0 Å². The number of rotatable bonds is 4. The first-order valence-electron chi connectivity index (χ1n) is 8.08. The normalized spacial score (nSPS) is 28.9. The maximum atomic E-state index is 14.2. The van der Waals surface area contributed by atoms with Crippen molar-refractivity contribution < 1.29 is 9.18 Å². The van der Waals surface area contributed by atoms with Crippen LogP contribution < -0.4 is 10.6 Å². The molecule has 22 heavy (non-hydrogen) atoms. The van der Waals surface area contributed by atoms with Gasteiger partial charge in [-0.3, -0.25) is 9.69 Å². The van der Waals surface area contributed by atoms with Crippen LogP contribution in [0.1, 0.15) is 25.3 Å². The molecular weight excluding hydrogens is 281 g/mol. The van der Waals surface area contributed by atoms with Crippen LogP contribution in [-0.2, 0) is 10.3 Å². The van der Waals surface area contributed by atoms with Crippen LogP contribution >= 0.6 is 0 Å². The summed E-state index contributed by atoms with van der Waals surface area (Å²) in [5.41, 5.74) is 0.109. The molecule has 4 nitrogen and oxygen atoms in total. The van der Waals surface area contributed by atoms with E-state index in [9.17, 15) is 9.18 Å². The average molecular weight is 305 g/mol. The molecule has 0 aromatic heterocycles. The topological polar surface area (TPSA) is 44.4 Å². The molecule has 3 rings (SSSR count). The molecule has 1 saturated heterocycles. The number of hydrogen-bond donors (Lipinski definition) is 2. The molecule has 1 heterocycles. The van der Waals surface area contributed by atoms with Crippen LogP contribution in [-0.4, -0.2) is 43.5 Å². The van der Waals surface area contributed by atoms with E-state index in [1.165, 1.54) is 6.07 Å². The molecule has 0 bridgehead atoms. The second kappa shape index (κ2) is 6.34. The van der Waals surface area contributed by atoms with E-state index >= 15 is 0 Å². The summed E-state index contributed by atoms with van der Waals surface area (Å²) in [4.78, 5) is 14.6. The molecule has 1 saturated carbocycles. The van der Waals surface area contributed by atoms with E-state index in [-0.39, 0.29) is 11.7 Å².